The van der Waals surface area contributed by atoms with Gasteiger partial charge >= 0.3 is 0 Å². The largest absolute Gasteiger partial charge is 0.308 e. The van der Waals surface area contributed by atoms with Crippen molar-refractivity contribution in [3.8, 4) is 0 Å². The predicted molar refractivity (Wildman–Crippen MR) is 85.7 cm³/mol. The molecule has 0 saturated heterocycles. The molecule has 0 saturated carbocycles. The van der Waals surface area contributed by atoms with Gasteiger partial charge in [0.05, 0.1) is 10.6 Å². The number of sulfonamides is 1. The molecule has 3 rings (SSSR count). The summed E-state index contributed by atoms with van der Waals surface area (Å²) in [6.07, 6.45) is 2.77. The van der Waals surface area contributed by atoms with Gasteiger partial charge in [0.2, 0.25) is 0 Å². The molecule has 0 fully saturated rings. The molecular weight excluding hydrogens is 352 g/mol. The van der Waals surface area contributed by atoms with E-state index in [-0.39, 0.29) is 4.90 Å². The van der Waals surface area contributed by atoms with E-state index in [1.54, 1.807) is 24.3 Å². The van der Waals surface area contributed by atoms with Crippen LogP contribution in [0.2, 0.25) is 0 Å². The Bertz CT molecular complexity index is 799. The van der Waals surface area contributed by atoms with Crippen molar-refractivity contribution in [3.05, 3.63) is 70.2 Å². The zero-order valence-electron chi connectivity index (χ0n) is 11.0. The molecule has 0 bridgehead atoms. The van der Waals surface area contributed by atoms with Crippen LogP contribution in [0.1, 0.15) is 11.1 Å². The number of fused-ring (bicyclic) bond motifs is 1. The topological polar surface area (TPSA) is 58.2 Å². The molecule has 0 aromatic heterocycles. The van der Waals surface area contributed by atoms with E-state index < -0.39 is 10.0 Å². The minimum Gasteiger partial charge on any atom is -0.308 e. The van der Waals surface area contributed by atoms with E-state index in [1.165, 1.54) is 5.56 Å². The third kappa shape index (κ3) is 3.02. The van der Waals surface area contributed by atoms with Crippen LogP contribution >= 0.6 is 15.9 Å². The first-order valence-corrected chi connectivity index (χ1v) is 8.66. The molecule has 2 aromatic rings. The lowest BCUT2D eigenvalue weighted by Gasteiger charge is -2.11. The molecule has 4 nitrogen and oxygen atoms in total. The SMILES string of the molecule is O=S(=O)(NNC1=CCc2ccccc21)c1ccc(Br)cc1. The molecule has 21 heavy (non-hydrogen) atoms. The average Bonchev–Trinajstić information content (AvgIpc) is 2.89. The molecular formula is C15H13BrN2O2S. The summed E-state index contributed by atoms with van der Waals surface area (Å²) in [6.45, 7) is 0. The Morgan fingerprint density at radius 3 is 2.48 bits per heavy atom. The zero-order chi connectivity index (χ0) is 14.9. The highest BCUT2D eigenvalue weighted by Gasteiger charge is 2.17. The lowest BCUT2D eigenvalue weighted by molar-refractivity contribution is 0.576. The maximum Gasteiger partial charge on any atom is 0.257 e. The lowest BCUT2D eigenvalue weighted by atomic mass is 10.1. The fourth-order valence-electron chi connectivity index (χ4n) is 2.20. The number of hydrogen-bond donors (Lipinski definition) is 2. The van der Waals surface area contributed by atoms with Gasteiger partial charge < -0.3 is 5.43 Å². The van der Waals surface area contributed by atoms with Crippen molar-refractivity contribution in [3.63, 3.8) is 0 Å². The summed E-state index contributed by atoms with van der Waals surface area (Å²) in [5.41, 5.74) is 5.79. The summed E-state index contributed by atoms with van der Waals surface area (Å²) in [7, 11) is -3.59. The molecule has 0 heterocycles. The summed E-state index contributed by atoms with van der Waals surface area (Å²) < 4.78 is 25.2. The second-order valence-electron chi connectivity index (χ2n) is 4.66. The second kappa shape index (κ2) is 5.63. The highest BCUT2D eigenvalue weighted by molar-refractivity contribution is 9.10. The van der Waals surface area contributed by atoms with Crippen LogP contribution in [-0.2, 0) is 16.4 Å². The number of allylic oxidation sites excluding steroid dienone is 1. The predicted octanol–water partition coefficient (Wildman–Crippen LogP) is 2.83. The van der Waals surface area contributed by atoms with Gasteiger partial charge in [-0.15, -0.1) is 4.83 Å². The number of nitrogens with one attached hydrogen (secondary N) is 2. The quantitative estimate of drug-likeness (QED) is 0.820. The number of hydrogen-bond acceptors (Lipinski definition) is 3. The lowest BCUT2D eigenvalue weighted by Crippen LogP contribution is -2.35. The minimum absolute atomic E-state index is 0.213. The van der Waals surface area contributed by atoms with Gasteiger partial charge in [0.25, 0.3) is 10.0 Å². The van der Waals surface area contributed by atoms with Crippen LogP contribution < -0.4 is 10.3 Å². The van der Waals surface area contributed by atoms with Gasteiger partial charge in [-0.3, -0.25) is 0 Å². The van der Waals surface area contributed by atoms with Crippen LogP contribution in [0.15, 0.2) is 64.0 Å². The van der Waals surface area contributed by atoms with Gasteiger partial charge in [0.1, 0.15) is 0 Å². The third-order valence-corrected chi connectivity index (χ3v) is 5.07. The molecule has 6 heteroatoms. The van der Waals surface area contributed by atoms with Gasteiger partial charge in [-0.25, -0.2) is 8.42 Å². The maximum absolute atomic E-state index is 12.2. The molecule has 108 valence electrons. The number of hydrazine groups is 1. The first-order chi connectivity index (χ1) is 10.1. The van der Waals surface area contributed by atoms with Crippen molar-refractivity contribution in [2.45, 2.75) is 11.3 Å². The molecule has 0 unspecified atom stereocenters. The highest BCUT2D eigenvalue weighted by Crippen LogP contribution is 2.24. The van der Waals surface area contributed by atoms with Gasteiger partial charge in [0.15, 0.2) is 0 Å². The van der Waals surface area contributed by atoms with Crippen molar-refractivity contribution in [1.29, 1.82) is 0 Å². The fourth-order valence-corrected chi connectivity index (χ4v) is 3.32. The Kier molecular flexibility index (Phi) is 3.84. The van der Waals surface area contributed by atoms with E-state index in [4.69, 9.17) is 0 Å². The van der Waals surface area contributed by atoms with Gasteiger partial charge in [-0.1, -0.05) is 46.3 Å². The average molecular weight is 365 g/mol. The van der Waals surface area contributed by atoms with E-state index in [0.717, 1.165) is 22.2 Å². The van der Waals surface area contributed by atoms with Crippen molar-refractivity contribution in [2.24, 2.45) is 0 Å². The van der Waals surface area contributed by atoms with E-state index in [9.17, 15) is 8.42 Å². The summed E-state index contributed by atoms with van der Waals surface area (Å²) in [4.78, 5) is 2.63. The van der Waals surface area contributed by atoms with Crippen LogP contribution in [0.4, 0.5) is 0 Å². The van der Waals surface area contributed by atoms with Crippen LogP contribution in [0, 0.1) is 0 Å². The molecule has 2 aromatic carbocycles. The second-order valence-corrected chi connectivity index (χ2v) is 7.26. The van der Waals surface area contributed by atoms with Crippen molar-refractivity contribution < 1.29 is 8.42 Å². The summed E-state index contributed by atoms with van der Waals surface area (Å²) in [6, 6.07) is 14.4. The third-order valence-electron chi connectivity index (χ3n) is 3.28. The van der Waals surface area contributed by atoms with E-state index in [0.29, 0.717) is 0 Å². The van der Waals surface area contributed by atoms with E-state index >= 15 is 0 Å². The number of benzene rings is 2. The summed E-state index contributed by atoms with van der Waals surface area (Å²) in [5, 5.41) is 0. The first kappa shape index (κ1) is 14.3. The van der Waals surface area contributed by atoms with E-state index in [2.05, 4.69) is 26.2 Å². The van der Waals surface area contributed by atoms with Crippen molar-refractivity contribution in [2.75, 3.05) is 0 Å². The summed E-state index contributed by atoms with van der Waals surface area (Å²) in [5.74, 6) is 0. The fraction of sp³-hybridized carbons (Fsp3) is 0.0667. The van der Waals surface area contributed by atoms with Crippen LogP contribution in [0.3, 0.4) is 0 Å². The normalized spacial score (nSPS) is 13.7. The Morgan fingerprint density at radius 1 is 1.00 bits per heavy atom. The van der Waals surface area contributed by atoms with Gasteiger partial charge in [0, 0.05) is 10.0 Å². The highest BCUT2D eigenvalue weighted by atomic mass is 79.9. The number of halogens is 1. The molecule has 0 atom stereocenters. The first-order valence-electron chi connectivity index (χ1n) is 6.38. The standard InChI is InChI=1S/C15H13BrN2O2S/c16-12-6-8-13(9-7-12)21(19,20)18-17-15-10-5-11-3-1-2-4-14(11)15/h1-4,6-10,17-18H,5H2. The Morgan fingerprint density at radius 2 is 1.71 bits per heavy atom. The van der Waals surface area contributed by atoms with Crippen molar-refractivity contribution >= 4 is 31.7 Å². The smallest absolute Gasteiger partial charge is 0.257 e. The molecule has 1 aliphatic carbocycles. The van der Waals surface area contributed by atoms with Gasteiger partial charge in [-0.2, -0.15) is 0 Å². The summed E-state index contributed by atoms with van der Waals surface area (Å²) >= 11 is 3.28. The molecule has 0 radical (unpaired) electrons. The van der Waals surface area contributed by atoms with Crippen LogP contribution in [0.5, 0.6) is 0 Å². The Balaban J connectivity index is 1.75. The van der Waals surface area contributed by atoms with E-state index in [1.807, 2.05) is 30.3 Å². The van der Waals surface area contributed by atoms with Gasteiger partial charge in [-0.05, 0) is 36.2 Å². The zero-order valence-corrected chi connectivity index (χ0v) is 13.4. The molecule has 0 amide bonds. The minimum atomic E-state index is -3.59. The molecule has 0 spiro atoms. The van der Waals surface area contributed by atoms with Crippen LogP contribution in [-0.4, -0.2) is 8.42 Å². The molecule has 2 N–H and O–H groups in total. The monoisotopic (exact) mass is 364 g/mol. The number of rotatable bonds is 4. The molecule has 0 aliphatic heterocycles. The Labute approximate surface area is 132 Å². The van der Waals surface area contributed by atoms with Crippen molar-refractivity contribution in [1.82, 2.24) is 10.3 Å². The molecule has 1 aliphatic rings. The maximum atomic E-state index is 12.2. The van der Waals surface area contributed by atoms with Crippen LogP contribution in [0.25, 0.3) is 5.70 Å². The Hall–Kier alpha value is -1.63.